The van der Waals surface area contributed by atoms with E-state index in [-0.39, 0.29) is 28.2 Å². The summed E-state index contributed by atoms with van der Waals surface area (Å²) in [6.07, 6.45) is 5.08. The summed E-state index contributed by atoms with van der Waals surface area (Å²) in [5.41, 5.74) is 3.63. The number of halogens is 2. The van der Waals surface area contributed by atoms with Crippen molar-refractivity contribution in [2.24, 2.45) is 67.5 Å². The highest BCUT2D eigenvalue weighted by Crippen LogP contribution is 2.45. The van der Waals surface area contributed by atoms with E-state index in [2.05, 4.69) is 141 Å². The maximum absolute atomic E-state index is 12.7. The summed E-state index contributed by atoms with van der Waals surface area (Å²) in [6.45, 7) is 59.7. The number of hydrogen-bond acceptors (Lipinski definition) is 8. The number of rotatable bonds is 0. The van der Waals surface area contributed by atoms with Crippen LogP contribution in [0.2, 0.25) is 0 Å². The van der Waals surface area contributed by atoms with Crippen molar-refractivity contribution in [2.45, 2.75) is 209 Å². The van der Waals surface area contributed by atoms with Crippen molar-refractivity contribution in [2.75, 3.05) is 79.7 Å². The first-order valence-electron chi connectivity index (χ1n) is 28.1. The maximum atomic E-state index is 12.7. The lowest BCUT2D eigenvalue weighted by Crippen LogP contribution is -2.37. The highest BCUT2D eigenvalue weighted by molar-refractivity contribution is 5.81. The summed E-state index contributed by atoms with van der Waals surface area (Å²) in [7, 11) is 1.88. The number of benzene rings is 1. The number of amides is 1. The summed E-state index contributed by atoms with van der Waals surface area (Å²) in [5.74, 6) is 4.01. The van der Waals surface area contributed by atoms with Gasteiger partial charge in [0.1, 0.15) is 0 Å². The minimum Gasteiger partial charge on any atom is -0.395 e. The van der Waals surface area contributed by atoms with E-state index in [1.165, 1.54) is 44.6 Å². The van der Waals surface area contributed by atoms with Gasteiger partial charge in [-0.25, -0.2) is 0 Å². The lowest BCUT2D eigenvalue weighted by Gasteiger charge is -2.37. The average Bonchev–Trinajstić information content (AvgIpc) is 4.05. The predicted octanol–water partition coefficient (Wildman–Crippen LogP) is 15.9. The summed E-state index contributed by atoms with van der Waals surface area (Å²) in [6, 6.07) is 4.87. The Hall–Kier alpha value is -2.05. The number of fused-ring (bicyclic) bond motifs is 1. The van der Waals surface area contributed by atoms with E-state index >= 15 is 0 Å². The molecule has 7 heterocycles. The number of nitrogens with zero attached hydrogens (tertiary/aromatic N) is 1. The van der Waals surface area contributed by atoms with Crippen LogP contribution in [-0.2, 0) is 33.9 Å². The minimum absolute atomic E-state index is 0.0907. The molecule has 8 rings (SSSR count). The highest BCUT2D eigenvalue weighted by Gasteiger charge is 2.44. The van der Waals surface area contributed by atoms with Crippen molar-refractivity contribution in [3.8, 4) is 11.5 Å². The Morgan fingerprint density at radius 3 is 1.26 bits per heavy atom. The van der Waals surface area contributed by atoms with Crippen LogP contribution in [0.5, 0.6) is 11.5 Å². The Kier molecular flexibility index (Phi) is 25.3. The van der Waals surface area contributed by atoms with E-state index in [1.54, 1.807) is 12.1 Å². The Labute approximate surface area is 447 Å². The first-order valence-corrected chi connectivity index (χ1v) is 28.1. The second-order valence-electron chi connectivity index (χ2n) is 29.7. The molecule has 0 aliphatic carbocycles. The van der Waals surface area contributed by atoms with Gasteiger partial charge in [0.15, 0.2) is 11.5 Å². The van der Waals surface area contributed by atoms with Crippen LogP contribution in [0.25, 0.3) is 0 Å². The third-order valence-corrected chi connectivity index (χ3v) is 16.6. The molecule has 6 fully saturated rings. The lowest BCUT2D eigenvalue weighted by molar-refractivity contribution is -0.286. The zero-order valence-corrected chi connectivity index (χ0v) is 51.3. The Balaban J connectivity index is 0.000000294. The molecule has 4 atom stereocenters. The molecule has 6 saturated heterocycles. The van der Waals surface area contributed by atoms with Gasteiger partial charge in [0.25, 0.3) is 0 Å². The molecule has 9 nitrogen and oxygen atoms in total. The third-order valence-electron chi connectivity index (χ3n) is 16.6. The zero-order chi connectivity index (χ0) is 56.1. The molecule has 0 radical (unpaired) electrons. The van der Waals surface area contributed by atoms with Gasteiger partial charge >= 0.3 is 6.29 Å². The first kappa shape index (κ1) is 67.1. The smallest absolute Gasteiger partial charge is 0.395 e. The fourth-order valence-corrected chi connectivity index (χ4v) is 9.24. The molecule has 0 N–H and O–H groups in total. The molecule has 0 aromatic heterocycles. The molecule has 0 bridgehead atoms. The van der Waals surface area contributed by atoms with Crippen LogP contribution in [-0.4, -0.2) is 96.8 Å². The van der Waals surface area contributed by atoms with Gasteiger partial charge in [-0.05, 0) is 124 Å². The fraction of sp³-hybridized carbons (Fsp3) is 0.887. The number of alkyl halides is 2. The first-order chi connectivity index (χ1) is 33.1. The van der Waals surface area contributed by atoms with Crippen LogP contribution in [0.15, 0.2) is 18.2 Å². The van der Waals surface area contributed by atoms with Crippen molar-refractivity contribution in [1.82, 2.24) is 4.90 Å². The molecule has 11 heteroatoms. The molecular weight excluding hydrogens is 925 g/mol. The fourth-order valence-electron chi connectivity index (χ4n) is 9.24. The van der Waals surface area contributed by atoms with Crippen LogP contribution in [0.1, 0.15) is 203 Å². The summed E-state index contributed by atoms with van der Waals surface area (Å²) in [5, 5.41) is 0. The molecule has 7 aliphatic rings. The lowest BCUT2D eigenvalue weighted by atomic mass is 9.68. The van der Waals surface area contributed by atoms with Crippen LogP contribution in [0.3, 0.4) is 0 Å². The van der Waals surface area contributed by atoms with E-state index in [0.29, 0.717) is 38.4 Å². The Bertz CT molecular complexity index is 1690. The van der Waals surface area contributed by atoms with Gasteiger partial charge in [-0.3, -0.25) is 4.79 Å². The number of hydrogen-bond donors (Lipinski definition) is 0. The predicted molar refractivity (Wildman–Crippen MR) is 298 cm³/mol. The van der Waals surface area contributed by atoms with Crippen LogP contribution < -0.4 is 9.47 Å². The van der Waals surface area contributed by atoms with Gasteiger partial charge in [-0.15, -0.1) is 8.78 Å². The quantitative estimate of drug-likeness (QED) is 0.254. The van der Waals surface area contributed by atoms with E-state index in [9.17, 15) is 13.6 Å². The number of carbonyl (C=O) groups is 1. The summed E-state index contributed by atoms with van der Waals surface area (Å²) in [4.78, 5) is 13.3. The largest absolute Gasteiger partial charge is 0.586 e. The summed E-state index contributed by atoms with van der Waals surface area (Å²) >= 11 is 0. The van der Waals surface area contributed by atoms with Gasteiger partial charge in [-0.2, -0.15) is 0 Å². The molecule has 7 aliphatic heterocycles. The number of ether oxygens (including phenoxy) is 7. The highest BCUT2D eigenvalue weighted by atomic mass is 19.3. The van der Waals surface area contributed by atoms with Gasteiger partial charge < -0.3 is 38.1 Å². The normalized spacial score (nSPS) is 25.6. The average molecular weight is 1040 g/mol. The Morgan fingerprint density at radius 2 is 0.986 bits per heavy atom. The van der Waals surface area contributed by atoms with Crippen molar-refractivity contribution in [3.63, 3.8) is 0 Å². The summed E-state index contributed by atoms with van der Waals surface area (Å²) < 4.78 is 60.6. The molecule has 428 valence electrons. The monoisotopic (exact) mass is 1040 g/mol. The van der Waals surface area contributed by atoms with Crippen molar-refractivity contribution < 1.29 is 46.7 Å². The Morgan fingerprint density at radius 1 is 0.521 bits per heavy atom. The van der Waals surface area contributed by atoms with Crippen LogP contribution >= 0.6 is 0 Å². The van der Waals surface area contributed by atoms with Crippen molar-refractivity contribution in [3.05, 3.63) is 23.8 Å². The van der Waals surface area contributed by atoms with E-state index in [4.69, 9.17) is 23.7 Å². The second-order valence-corrected chi connectivity index (χ2v) is 29.7. The van der Waals surface area contributed by atoms with Gasteiger partial charge in [0, 0.05) is 71.7 Å². The molecule has 1 aromatic carbocycles. The van der Waals surface area contributed by atoms with Crippen LogP contribution in [0, 0.1) is 67.5 Å². The van der Waals surface area contributed by atoms with E-state index in [1.807, 2.05) is 32.7 Å². The number of likely N-dealkylation sites (tertiary alicyclic amines) is 1. The maximum Gasteiger partial charge on any atom is 0.586 e. The molecule has 1 amide bonds. The molecule has 0 spiro atoms. The van der Waals surface area contributed by atoms with Crippen molar-refractivity contribution in [1.29, 1.82) is 0 Å². The van der Waals surface area contributed by atoms with Crippen LogP contribution in [0.4, 0.5) is 8.78 Å². The van der Waals surface area contributed by atoms with E-state index < -0.39 is 6.29 Å². The van der Waals surface area contributed by atoms with E-state index in [0.717, 1.165) is 108 Å². The standard InChI is InChI=1S/C11H12F2O2.C9H17NO.3C9H18O.C8H16O.C7H14O/c1-10(2,3)7-4-5-8-9(6-7)15-11(12,13)14-8;1-9(2,3)7-5-6-10(4)8(7)11;1-8(2,3)9(4)5-6-10-7-9;1-9(2,3)8-4-6-10-7-5-8;1-9(2,3)8-5-4-6-10-7-8;1-8(2,3)7-4-5-9-6-7;1-7(2,3)6-4-8-5-6/h4-6H,1-3H3;7H,5-6H2,1-4H3;5-7H2,1-4H3;2*8H,4-7H2,1-3H3;7H,4-6H2,1-3H3;6H,4-5H2,1-3H3. The molecular formula is C62H113F2NO8. The third kappa shape index (κ3) is 23.6. The van der Waals surface area contributed by atoms with Gasteiger partial charge in [0.2, 0.25) is 5.91 Å². The van der Waals surface area contributed by atoms with Gasteiger partial charge in [0.05, 0.1) is 19.8 Å². The molecule has 0 saturated carbocycles. The molecule has 1 aromatic rings. The molecule has 73 heavy (non-hydrogen) atoms. The molecule has 4 unspecified atom stereocenters. The minimum atomic E-state index is -3.53. The van der Waals surface area contributed by atoms with Crippen molar-refractivity contribution >= 4 is 5.91 Å². The second kappa shape index (κ2) is 27.5. The topological polar surface area (TPSA) is 84.9 Å². The SMILES string of the molecule is CC(C)(C)C1(C)CCOC1.CC(C)(C)C1CCCOC1.CC(C)(C)C1CCOC1.CC(C)(C)C1CCOCC1.CC(C)(C)C1COC1.CC(C)(C)c1ccc2c(c1)OC(F)(F)O2.CN1CCC(C(C)(C)C)C1=O. The van der Waals surface area contributed by atoms with Gasteiger partial charge in [-0.1, -0.05) is 158 Å². The number of carbonyl (C=O) groups excluding carboxylic acids is 1. The zero-order valence-electron chi connectivity index (χ0n) is 51.3.